The number of amides is 2. The number of halogens is 2. The normalized spacial score (nSPS) is 15.1. The van der Waals surface area contributed by atoms with Crippen LogP contribution >= 0.6 is 23.2 Å². The first kappa shape index (κ1) is 20.5. The van der Waals surface area contributed by atoms with Crippen LogP contribution in [0.2, 0.25) is 10.0 Å². The summed E-state index contributed by atoms with van der Waals surface area (Å²) in [5, 5.41) is 13.6. The van der Waals surface area contributed by atoms with Crippen LogP contribution < -0.4 is 16.0 Å². The van der Waals surface area contributed by atoms with Crippen LogP contribution in [0, 0.1) is 0 Å². The summed E-state index contributed by atoms with van der Waals surface area (Å²) in [6.45, 7) is 4.78. The molecule has 0 saturated carbocycles. The van der Waals surface area contributed by atoms with E-state index in [4.69, 9.17) is 28.9 Å². The highest BCUT2D eigenvalue weighted by molar-refractivity contribution is 6.42. The molecular formula is C18H22Cl2N6O2. The number of nitrogens with zero attached hydrogens (tertiary/aromatic N) is 4. The maximum Gasteiger partial charge on any atom is 0.330 e. The summed E-state index contributed by atoms with van der Waals surface area (Å²) in [5.41, 5.74) is 7.48. The summed E-state index contributed by atoms with van der Waals surface area (Å²) in [7, 11) is 3.47. The Bertz CT molecular complexity index is 929. The molecule has 1 atom stereocenters. The van der Waals surface area contributed by atoms with Crippen LogP contribution in [0.4, 0.5) is 16.6 Å². The van der Waals surface area contributed by atoms with E-state index in [0.717, 1.165) is 5.56 Å². The maximum absolute atomic E-state index is 12.9. The van der Waals surface area contributed by atoms with E-state index in [9.17, 15) is 9.90 Å². The molecule has 150 valence electrons. The number of benzene rings is 1. The van der Waals surface area contributed by atoms with Crippen LogP contribution in [0.25, 0.3) is 5.70 Å². The van der Waals surface area contributed by atoms with E-state index in [1.54, 1.807) is 28.6 Å². The Balaban J connectivity index is 1.90. The van der Waals surface area contributed by atoms with Crippen LogP contribution in [0.5, 0.6) is 0 Å². The molecule has 10 heteroatoms. The standard InChI is InChI=1S/C18H22Cl2N6O2/c1-10-15-16(23-17(24(15)2)22-8-12(27)7-21)25(3)18(28)26(10)9-11-4-5-13(19)14(20)6-11/h4-6,12,27H,1,7-9,21H2,2-3H3,(H,22,23)/t12-/m0/s1. The number of aromatic nitrogens is 2. The van der Waals surface area contributed by atoms with E-state index in [-0.39, 0.29) is 25.7 Å². The van der Waals surface area contributed by atoms with Gasteiger partial charge in [-0.2, -0.15) is 4.98 Å². The van der Waals surface area contributed by atoms with E-state index in [0.29, 0.717) is 33.2 Å². The lowest BCUT2D eigenvalue weighted by Crippen LogP contribution is -2.44. The van der Waals surface area contributed by atoms with Crippen molar-refractivity contribution in [1.82, 2.24) is 14.5 Å². The molecular weight excluding hydrogens is 403 g/mol. The second-order valence-electron chi connectivity index (χ2n) is 6.56. The molecule has 4 N–H and O–H groups in total. The predicted molar refractivity (Wildman–Crippen MR) is 112 cm³/mol. The van der Waals surface area contributed by atoms with Crippen molar-refractivity contribution in [1.29, 1.82) is 0 Å². The van der Waals surface area contributed by atoms with Crippen LogP contribution in [0.15, 0.2) is 24.8 Å². The molecule has 2 amide bonds. The Labute approximate surface area is 173 Å². The first-order valence-corrected chi connectivity index (χ1v) is 9.37. The zero-order valence-corrected chi connectivity index (χ0v) is 17.1. The number of urea groups is 1. The minimum Gasteiger partial charge on any atom is -0.390 e. The number of imidazole rings is 1. The minimum atomic E-state index is -0.692. The van der Waals surface area contributed by atoms with Crippen LogP contribution in [0.1, 0.15) is 11.3 Å². The van der Waals surface area contributed by atoms with Gasteiger partial charge in [0, 0.05) is 27.2 Å². The number of carbonyl (C=O) groups excluding carboxylic acids is 1. The number of nitrogens with two attached hydrogens (primary N) is 1. The number of nitrogens with one attached hydrogen (secondary N) is 1. The van der Waals surface area contributed by atoms with Crippen LogP contribution in [0.3, 0.4) is 0 Å². The molecule has 0 spiro atoms. The smallest absolute Gasteiger partial charge is 0.330 e. The zero-order valence-electron chi connectivity index (χ0n) is 15.6. The Kier molecular flexibility index (Phi) is 5.85. The topological polar surface area (TPSA) is 99.6 Å². The maximum atomic E-state index is 12.9. The first-order chi connectivity index (χ1) is 13.2. The molecule has 8 nitrogen and oxygen atoms in total. The lowest BCUT2D eigenvalue weighted by Gasteiger charge is -2.34. The van der Waals surface area contributed by atoms with Crippen LogP contribution in [-0.4, -0.2) is 51.8 Å². The fraction of sp³-hybridized carbons (Fsp3) is 0.333. The van der Waals surface area contributed by atoms with Crippen molar-refractivity contribution in [2.24, 2.45) is 12.8 Å². The van der Waals surface area contributed by atoms with E-state index < -0.39 is 6.10 Å². The summed E-state index contributed by atoms with van der Waals surface area (Å²) >= 11 is 12.1. The highest BCUT2D eigenvalue weighted by atomic mass is 35.5. The SMILES string of the molecule is C=C1c2c(nc(NC[C@@H](O)CN)n2C)N(C)C(=O)N1Cc1ccc(Cl)c(Cl)c1. The summed E-state index contributed by atoms with van der Waals surface area (Å²) in [5.74, 6) is 1.00. The lowest BCUT2D eigenvalue weighted by molar-refractivity contribution is 0.195. The second kappa shape index (κ2) is 8.00. The molecule has 1 aliphatic rings. The van der Waals surface area contributed by atoms with Crippen molar-refractivity contribution < 1.29 is 9.90 Å². The molecule has 2 aromatic rings. The lowest BCUT2D eigenvalue weighted by atomic mass is 10.1. The van der Waals surface area contributed by atoms with Gasteiger partial charge in [-0.3, -0.25) is 9.80 Å². The average Bonchev–Trinajstić information content (AvgIpc) is 3.01. The molecule has 1 aromatic carbocycles. The van der Waals surface area contributed by atoms with Gasteiger partial charge in [0.05, 0.1) is 28.4 Å². The number of aliphatic hydroxyl groups is 1. The number of rotatable bonds is 6. The third kappa shape index (κ3) is 3.68. The quantitative estimate of drug-likeness (QED) is 0.661. The van der Waals surface area contributed by atoms with Crippen molar-refractivity contribution >= 4 is 46.7 Å². The highest BCUT2D eigenvalue weighted by Crippen LogP contribution is 2.36. The molecule has 0 bridgehead atoms. The molecule has 0 radical (unpaired) electrons. The van der Waals surface area contributed by atoms with Gasteiger partial charge < -0.3 is 20.7 Å². The Hall–Kier alpha value is -2.26. The Morgan fingerprint density at radius 1 is 1.32 bits per heavy atom. The summed E-state index contributed by atoms with van der Waals surface area (Å²) in [6, 6.07) is 4.98. The highest BCUT2D eigenvalue weighted by Gasteiger charge is 2.35. The zero-order chi connectivity index (χ0) is 20.6. The number of hydrogen-bond acceptors (Lipinski definition) is 5. The molecule has 3 rings (SSSR count). The molecule has 2 heterocycles. The monoisotopic (exact) mass is 424 g/mol. The molecule has 0 fully saturated rings. The van der Waals surface area contributed by atoms with E-state index >= 15 is 0 Å². The van der Waals surface area contributed by atoms with Gasteiger partial charge in [0.15, 0.2) is 5.82 Å². The molecule has 0 aliphatic carbocycles. The summed E-state index contributed by atoms with van der Waals surface area (Å²) < 4.78 is 1.80. The largest absolute Gasteiger partial charge is 0.390 e. The van der Waals surface area contributed by atoms with Gasteiger partial charge >= 0.3 is 6.03 Å². The number of carbonyl (C=O) groups is 1. The van der Waals surface area contributed by atoms with Gasteiger partial charge in [0.1, 0.15) is 5.69 Å². The van der Waals surface area contributed by atoms with Crippen molar-refractivity contribution in [2.45, 2.75) is 12.6 Å². The van der Waals surface area contributed by atoms with Crippen LogP contribution in [-0.2, 0) is 13.6 Å². The number of anilines is 2. The Morgan fingerprint density at radius 2 is 2.04 bits per heavy atom. The van der Waals surface area contributed by atoms with Gasteiger partial charge in [0.2, 0.25) is 5.95 Å². The third-order valence-electron chi connectivity index (χ3n) is 4.60. The molecule has 1 aromatic heterocycles. The number of aliphatic hydroxyl groups excluding tert-OH is 1. The van der Waals surface area contributed by atoms with E-state index in [1.807, 2.05) is 13.1 Å². The molecule has 28 heavy (non-hydrogen) atoms. The second-order valence-corrected chi connectivity index (χ2v) is 7.37. The number of hydrogen-bond donors (Lipinski definition) is 3. The van der Waals surface area contributed by atoms with E-state index in [2.05, 4.69) is 16.9 Å². The van der Waals surface area contributed by atoms with Crippen molar-refractivity contribution in [2.75, 3.05) is 30.4 Å². The van der Waals surface area contributed by atoms with Crippen molar-refractivity contribution in [3.05, 3.63) is 46.1 Å². The Morgan fingerprint density at radius 3 is 2.68 bits per heavy atom. The fourth-order valence-corrected chi connectivity index (χ4v) is 3.31. The van der Waals surface area contributed by atoms with Gasteiger partial charge in [0.25, 0.3) is 0 Å². The van der Waals surface area contributed by atoms with Gasteiger partial charge in [-0.1, -0.05) is 35.8 Å². The van der Waals surface area contributed by atoms with Gasteiger partial charge in [-0.05, 0) is 17.7 Å². The van der Waals surface area contributed by atoms with E-state index in [1.165, 1.54) is 4.90 Å². The first-order valence-electron chi connectivity index (χ1n) is 8.61. The number of fused-ring (bicyclic) bond motifs is 1. The fourth-order valence-electron chi connectivity index (χ4n) is 2.99. The molecule has 0 unspecified atom stereocenters. The average molecular weight is 425 g/mol. The summed E-state index contributed by atoms with van der Waals surface area (Å²) in [6.07, 6.45) is -0.692. The molecule has 1 aliphatic heterocycles. The minimum absolute atomic E-state index is 0.139. The summed E-state index contributed by atoms with van der Waals surface area (Å²) in [4.78, 5) is 20.4. The van der Waals surface area contributed by atoms with Crippen molar-refractivity contribution in [3.63, 3.8) is 0 Å². The van der Waals surface area contributed by atoms with Crippen molar-refractivity contribution in [3.8, 4) is 0 Å². The third-order valence-corrected chi connectivity index (χ3v) is 5.34. The predicted octanol–water partition coefficient (Wildman–Crippen LogP) is 2.50. The van der Waals surface area contributed by atoms with Gasteiger partial charge in [-0.25, -0.2) is 4.79 Å². The molecule has 0 saturated heterocycles. The van der Waals surface area contributed by atoms with Gasteiger partial charge in [-0.15, -0.1) is 0 Å².